The minimum Gasteiger partial charge on any atom is -0.489 e. The van der Waals surface area contributed by atoms with Gasteiger partial charge in [-0.25, -0.2) is 0 Å². The highest BCUT2D eigenvalue weighted by Crippen LogP contribution is 2.23. The van der Waals surface area contributed by atoms with E-state index in [1.54, 1.807) is 0 Å². The predicted octanol–water partition coefficient (Wildman–Crippen LogP) is 1.65. The van der Waals surface area contributed by atoms with Crippen molar-refractivity contribution >= 4 is 11.6 Å². The lowest BCUT2D eigenvalue weighted by Gasteiger charge is -2.12. The number of carbonyl (C=O) groups is 1. The number of likely N-dealkylation sites (N-methyl/N-ethyl adjacent to an activating group) is 1. The average Bonchev–Trinajstić information content (AvgIpc) is 2.43. The van der Waals surface area contributed by atoms with Crippen molar-refractivity contribution in [2.45, 2.75) is 13.8 Å². The molecule has 0 atom stereocenters. The number of nitrogens with one attached hydrogen (secondary N) is 2. The van der Waals surface area contributed by atoms with E-state index < -0.39 is 0 Å². The van der Waals surface area contributed by atoms with Crippen LogP contribution in [-0.2, 0) is 9.53 Å². The van der Waals surface area contributed by atoms with Crippen molar-refractivity contribution in [2.24, 2.45) is 0 Å². The Balaban J connectivity index is 2.50. The Bertz CT molecular complexity index is 383. The topological polar surface area (TPSA) is 59.6 Å². The molecule has 0 saturated heterocycles. The van der Waals surface area contributed by atoms with Gasteiger partial charge >= 0.3 is 0 Å². The Labute approximate surface area is 114 Å². The van der Waals surface area contributed by atoms with Crippen LogP contribution in [0.2, 0.25) is 0 Å². The molecule has 0 fully saturated rings. The summed E-state index contributed by atoms with van der Waals surface area (Å²) in [4.78, 5) is 11.6. The fourth-order valence-electron chi connectivity index (χ4n) is 1.48. The Kier molecular flexibility index (Phi) is 7.62. The second-order valence-electron chi connectivity index (χ2n) is 3.87. The summed E-state index contributed by atoms with van der Waals surface area (Å²) in [6, 6.07) is 7.38. The molecule has 0 aliphatic rings. The number of para-hydroxylation sites is 2. The van der Waals surface area contributed by atoms with Gasteiger partial charge in [-0.3, -0.25) is 4.79 Å². The Morgan fingerprint density at radius 1 is 1.21 bits per heavy atom. The van der Waals surface area contributed by atoms with Crippen molar-refractivity contribution in [1.29, 1.82) is 0 Å². The molecular weight excluding hydrogens is 244 g/mol. The lowest BCUT2D eigenvalue weighted by Crippen LogP contribution is -2.27. The van der Waals surface area contributed by atoms with Gasteiger partial charge < -0.3 is 20.1 Å². The number of ether oxygens (including phenoxy) is 2. The number of amides is 1. The van der Waals surface area contributed by atoms with Crippen molar-refractivity contribution in [3.63, 3.8) is 0 Å². The van der Waals surface area contributed by atoms with E-state index in [2.05, 4.69) is 10.6 Å². The molecule has 5 heteroatoms. The zero-order valence-electron chi connectivity index (χ0n) is 11.6. The van der Waals surface area contributed by atoms with Crippen LogP contribution in [0, 0.1) is 0 Å². The summed E-state index contributed by atoms with van der Waals surface area (Å²) in [5.41, 5.74) is 0.682. The van der Waals surface area contributed by atoms with Gasteiger partial charge in [0.05, 0.1) is 18.8 Å². The van der Waals surface area contributed by atoms with Crippen molar-refractivity contribution in [3.8, 4) is 5.75 Å². The van der Waals surface area contributed by atoms with E-state index in [-0.39, 0.29) is 5.91 Å². The van der Waals surface area contributed by atoms with Gasteiger partial charge in [0.2, 0.25) is 5.91 Å². The first-order chi connectivity index (χ1) is 9.27. The quantitative estimate of drug-likeness (QED) is 0.667. The minimum atomic E-state index is -0.0808. The van der Waals surface area contributed by atoms with Crippen molar-refractivity contribution in [3.05, 3.63) is 24.3 Å². The summed E-state index contributed by atoms with van der Waals surface area (Å²) in [6.45, 7) is 6.63. The molecule has 0 saturated carbocycles. The Morgan fingerprint density at radius 2 is 2.00 bits per heavy atom. The lowest BCUT2D eigenvalue weighted by atomic mass is 10.3. The minimum absolute atomic E-state index is 0.0808. The molecule has 1 amide bonds. The van der Waals surface area contributed by atoms with Crippen LogP contribution < -0.4 is 15.4 Å². The maximum Gasteiger partial charge on any atom is 0.238 e. The van der Waals surface area contributed by atoms with Crippen molar-refractivity contribution in [2.75, 3.05) is 38.2 Å². The van der Waals surface area contributed by atoms with Crippen molar-refractivity contribution in [1.82, 2.24) is 5.32 Å². The number of anilines is 1. The zero-order chi connectivity index (χ0) is 13.9. The SMILES string of the molecule is CCNCC(=O)Nc1ccccc1OCCOCC. The molecule has 0 radical (unpaired) electrons. The molecule has 0 aromatic heterocycles. The normalized spacial score (nSPS) is 10.2. The van der Waals surface area contributed by atoms with E-state index >= 15 is 0 Å². The van der Waals surface area contributed by atoms with Gasteiger partial charge in [-0.1, -0.05) is 19.1 Å². The van der Waals surface area contributed by atoms with Gasteiger partial charge in [-0.2, -0.15) is 0 Å². The van der Waals surface area contributed by atoms with E-state index in [9.17, 15) is 4.79 Å². The Morgan fingerprint density at radius 3 is 2.74 bits per heavy atom. The highest BCUT2D eigenvalue weighted by molar-refractivity contribution is 5.93. The number of carbonyl (C=O) groups excluding carboxylic acids is 1. The van der Waals surface area contributed by atoms with Gasteiger partial charge in [0.1, 0.15) is 12.4 Å². The molecule has 0 heterocycles. The van der Waals surface area contributed by atoms with Crippen LogP contribution in [0.3, 0.4) is 0 Å². The van der Waals surface area contributed by atoms with E-state index in [0.29, 0.717) is 37.8 Å². The number of rotatable bonds is 9. The number of benzene rings is 1. The van der Waals surface area contributed by atoms with Gasteiger partial charge in [0, 0.05) is 6.61 Å². The zero-order valence-corrected chi connectivity index (χ0v) is 11.6. The highest BCUT2D eigenvalue weighted by atomic mass is 16.5. The molecule has 1 aromatic rings. The molecule has 0 aliphatic heterocycles. The molecule has 1 rings (SSSR count). The second-order valence-corrected chi connectivity index (χ2v) is 3.87. The maximum absolute atomic E-state index is 11.6. The fourth-order valence-corrected chi connectivity index (χ4v) is 1.48. The van der Waals surface area contributed by atoms with Crippen LogP contribution in [0.5, 0.6) is 5.75 Å². The predicted molar refractivity (Wildman–Crippen MR) is 75.6 cm³/mol. The third-order valence-corrected chi connectivity index (χ3v) is 2.39. The van der Waals surface area contributed by atoms with E-state index in [1.165, 1.54) is 0 Å². The summed E-state index contributed by atoms with van der Waals surface area (Å²) in [5.74, 6) is 0.578. The number of hydrogen-bond donors (Lipinski definition) is 2. The molecule has 0 bridgehead atoms. The largest absolute Gasteiger partial charge is 0.489 e. The third kappa shape index (κ3) is 6.22. The standard InChI is InChI=1S/C14H22N2O3/c1-3-15-11-14(17)16-12-7-5-6-8-13(12)19-10-9-18-4-2/h5-8,15H,3-4,9-11H2,1-2H3,(H,16,17). The van der Waals surface area contributed by atoms with Crippen LogP contribution in [0.15, 0.2) is 24.3 Å². The average molecular weight is 266 g/mol. The first-order valence-electron chi connectivity index (χ1n) is 6.58. The molecule has 106 valence electrons. The lowest BCUT2D eigenvalue weighted by molar-refractivity contribution is -0.115. The summed E-state index contributed by atoms with van der Waals surface area (Å²) >= 11 is 0. The second kappa shape index (κ2) is 9.35. The van der Waals surface area contributed by atoms with E-state index in [4.69, 9.17) is 9.47 Å². The molecule has 0 aliphatic carbocycles. The molecule has 5 nitrogen and oxygen atoms in total. The highest BCUT2D eigenvalue weighted by Gasteiger charge is 2.06. The molecule has 2 N–H and O–H groups in total. The first kappa shape index (κ1) is 15.5. The van der Waals surface area contributed by atoms with Crippen LogP contribution in [-0.4, -0.2) is 38.8 Å². The van der Waals surface area contributed by atoms with Gasteiger partial charge in [0.15, 0.2) is 0 Å². The molecule has 19 heavy (non-hydrogen) atoms. The molecule has 1 aromatic carbocycles. The monoisotopic (exact) mass is 266 g/mol. The van der Waals surface area contributed by atoms with E-state index in [1.807, 2.05) is 38.1 Å². The van der Waals surface area contributed by atoms with Crippen LogP contribution in [0.25, 0.3) is 0 Å². The number of hydrogen-bond acceptors (Lipinski definition) is 4. The summed E-state index contributed by atoms with van der Waals surface area (Å²) < 4.78 is 10.8. The smallest absolute Gasteiger partial charge is 0.238 e. The maximum atomic E-state index is 11.6. The van der Waals surface area contributed by atoms with Crippen LogP contribution in [0.4, 0.5) is 5.69 Å². The molecular formula is C14H22N2O3. The summed E-state index contributed by atoms with van der Waals surface area (Å²) in [7, 11) is 0. The molecule has 0 unspecified atom stereocenters. The van der Waals surface area contributed by atoms with Gasteiger partial charge in [0.25, 0.3) is 0 Å². The fraction of sp³-hybridized carbons (Fsp3) is 0.500. The Hall–Kier alpha value is -1.59. The first-order valence-corrected chi connectivity index (χ1v) is 6.58. The van der Waals surface area contributed by atoms with Gasteiger partial charge in [-0.15, -0.1) is 0 Å². The summed E-state index contributed by atoms with van der Waals surface area (Å²) in [5, 5.41) is 5.79. The van der Waals surface area contributed by atoms with Crippen LogP contribution >= 0.6 is 0 Å². The van der Waals surface area contributed by atoms with E-state index in [0.717, 1.165) is 6.54 Å². The van der Waals surface area contributed by atoms with Crippen molar-refractivity contribution < 1.29 is 14.3 Å². The third-order valence-electron chi connectivity index (χ3n) is 2.39. The summed E-state index contributed by atoms with van der Waals surface area (Å²) in [6.07, 6.45) is 0. The van der Waals surface area contributed by atoms with Gasteiger partial charge in [-0.05, 0) is 25.6 Å². The molecule has 0 spiro atoms. The van der Waals surface area contributed by atoms with Crippen LogP contribution in [0.1, 0.15) is 13.8 Å².